The summed E-state index contributed by atoms with van der Waals surface area (Å²) in [5.74, 6) is -0.117. The fraction of sp³-hybridized carbons (Fsp3) is 0.429. The molecule has 0 saturated heterocycles. The third kappa shape index (κ3) is 3.32. The van der Waals surface area contributed by atoms with Crippen LogP contribution in [-0.2, 0) is 4.79 Å². The topological polar surface area (TPSA) is 84.2 Å². The number of amides is 2. The van der Waals surface area contributed by atoms with Crippen LogP contribution in [0.1, 0.15) is 29.6 Å². The minimum atomic E-state index is -0.139. The zero-order chi connectivity index (χ0) is 13.8. The molecule has 0 bridgehead atoms. The average molecular weight is 261 g/mol. The largest absolute Gasteiger partial charge is 0.355 e. The Morgan fingerprint density at radius 3 is 2.42 bits per heavy atom. The summed E-state index contributed by atoms with van der Waals surface area (Å²) >= 11 is 0. The highest BCUT2D eigenvalue weighted by Gasteiger charge is 2.27. The van der Waals surface area contributed by atoms with Crippen LogP contribution in [0.4, 0.5) is 5.69 Å². The number of carbonyl (C=O) groups is 2. The molecule has 5 nitrogen and oxygen atoms in total. The van der Waals surface area contributed by atoms with E-state index in [1.807, 2.05) is 0 Å². The van der Waals surface area contributed by atoms with Crippen LogP contribution in [0.5, 0.6) is 0 Å². The molecule has 2 rings (SSSR count). The molecule has 0 aliphatic heterocycles. The van der Waals surface area contributed by atoms with Crippen LogP contribution < -0.4 is 16.4 Å². The summed E-state index contributed by atoms with van der Waals surface area (Å²) in [6, 6.07) is 6.99. The maximum atomic E-state index is 12.0. The third-order valence-corrected chi connectivity index (χ3v) is 3.49. The van der Waals surface area contributed by atoms with Gasteiger partial charge in [0.1, 0.15) is 0 Å². The van der Waals surface area contributed by atoms with Gasteiger partial charge in [0.15, 0.2) is 0 Å². The number of carbonyl (C=O) groups excluding carboxylic acids is 2. The molecule has 2 amide bonds. The van der Waals surface area contributed by atoms with Gasteiger partial charge in [-0.05, 0) is 43.5 Å². The smallest absolute Gasteiger partial charge is 0.251 e. The van der Waals surface area contributed by atoms with Crippen molar-refractivity contribution < 1.29 is 9.59 Å². The molecule has 1 aliphatic carbocycles. The Kier molecular flexibility index (Phi) is 4.16. The van der Waals surface area contributed by atoms with Crippen LogP contribution in [0, 0.1) is 5.92 Å². The highest BCUT2D eigenvalue weighted by Crippen LogP contribution is 2.25. The predicted octanol–water partition coefficient (Wildman–Crippen LogP) is 1.11. The molecule has 1 aromatic rings. The van der Waals surface area contributed by atoms with Crippen molar-refractivity contribution in [2.24, 2.45) is 11.7 Å². The molecule has 19 heavy (non-hydrogen) atoms. The van der Waals surface area contributed by atoms with Crippen LogP contribution in [-0.4, -0.2) is 24.9 Å². The normalized spacial score (nSPS) is 22.0. The lowest BCUT2D eigenvalue weighted by Crippen LogP contribution is -2.23. The number of benzene rings is 1. The molecule has 102 valence electrons. The van der Waals surface area contributed by atoms with E-state index in [2.05, 4.69) is 10.6 Å². The summed E-state index contributed by atoms with van der Waals surface area (Å²) in [7, 11) is 1.58. The van der Waals surface area contributed by atoms with Crippen molar-refractivity contribution in [2.75, 3.05) is 12.4 Å². The average Bonchev–Trinajstić information content (AvgIpc) is 2.85. The maximum absolute atomic E-state index is 12.0. The van der Waals surface area contributed by atoms with Gasteiger partial charge in [-0.25, -0.2) is 0 Å². The van der Waals surface area contributed by atoms with Gasteiger partial charge in [0, 0.05) is 30.3 Å². The Bertz CT molecular complexity index is 470. The zero-order valence-corrected chi connectivity index (χ0v) is 11.0. The van der Waals surface area contributed by atoms with Crippen LogP contribution in [0.3, 0.4) is 0 Å². The molecule has 1 saturated carbocycles. The van der Waals surface area contributed by atoms with E-state index in [0.29, 0.717) is 11.3 Å². The van der Waals surface area contributed by atoms with Crippen molar-refractivity contribution in [2.45, 2.75) is 25.3 Å². The van der Waals surface area contributed by atoms with Crippen LogP contribution in [0.15, 0.2) is 24.3 Å². The summed E-state index contributed by atoms with van der Waals surface area (Å²) in [6.07, 6.45) is 2.51. The van der Waals surface area contributed by atoms with Gasteiger partial charge in [-0.2, -0.15) is 0 Å². The van der Waals surface area contributed by atoms with Crippen molar-refractivity contribution in [1.82, 2.24) is 5.32 Å². The highest BCUT2D eigenvalue weighted by molar-refractivity contribution is 5.96. The number of nitrogens with two attached hydrogens (primary N) is 1. The lowest BCUT2D eigenvalue weighted by atomic mass is 10.1. The molecule has 2 unspecified atom stereocenters. The first-order chi connectivity index (χ1) is 9.10. The number of hydrogen-bond acceptors (Lipinski definition) is 3. The Hall–Kier alpha value is -1.88. The van der Waals surface area contributed by atoms with Gasteiger partial charge in [-0.15, -0.1) is 0 Å². The number of anilines is 1. The van der Waals surface area contributed by atoms with E-state index in [1.165, 1.54) is 0 Å². The van der Waals surface area contributed by atoms with Gasteiger partial charge in [0.25, 0.3) is 5.91 Å². The second kappa shape index (κ2) is 5.84. The second-order valence-electron chi connectivity index (χ2n) is 4.92. The Balaban J connectivity index is 1.96. The molecular weight excluding hydrogens is 242 g/mol. The van der Waals surface area contributed by atoms with Crippen molar-refractivity contribution in [1.29, 1.82) is 0 Å². The van der Waals surface area contributed by atoms with Crippen LogP contribution in [0.25, 0.3) is 0 Å². The van der Waals surface area contributed by atoms with Crippen molar-refractivity contribution in [3.63, 3.8) is 0 Å². The monoisotopic (exact) mass is 261 g/mol. The standard InChI is InChI=1S/C14H19N3O2/c1-16-13(18)9-3-6-12(7-4-9)17-14(19)10-2-5-11(15)8-10/h3-4,6-7,10-11H,2,5,8,15H2,1H3,(H,16,18)(H,17,19). The Labute approximate surface area is 112 Å². The molecule has 1 aromatic carbocycles. The van der Waals surface area contributed by atoms with Gasteiger partial charge in [0.05, 0.1) is 0 Å². The van der Waals surface area contributed by atoms with E-state index in [-0.39, 0.29) is 23.8 Å². The van der Waals surface area contributed by atoms with Gasteiger partial charge >= 0.3 is 0 Å². The minimum Gasteiger partial charge on any atom is -0.355 e. The summed E-state index contributed by atoms with van der Waals surface area (Å²) in [5, 5.41) is 5.41. The molecule has 0 aromatic heterocycles. The summed E-state index contributed by atoms with van der Waals surface area (Å²) in [5.41, 5.74) is 7.08. The molecule has 4 N–H and O–H groups in total. The Morgan fingerprint density at radius 1 is 1.21 bits per heavy atom. The van der Waals surface area contributed by atoms with E-state index in [1.54, 1.807) is 31.3 Å². The van der Waals surface area contributed by atoms with Gasteiger partial charge in [0.2, 0.25) is 5.91 Å². The van der Waals surface area contributed by atoms with E-state index in [9.17, 15) is 9.59 Å². The number of rotatable bonds is 3. The predicted molar refractivity (Wildman–Crippen MR) is 73.8 cm³/mol. The SMILES string of the molecule is CNC(=O)c1ccc(NC(=O)C2CCC(N)C2)cc1. The van der Waals surface area contributed by atoms with Gasteiger partial charge in [-0.3, -0.25) is 9.59 Å². The molecule has 2 atom stereocenters. The summed E-state index contributed by atoms with van der Waals surface area (Å²) < 4.78 is 0. The van der Waals surface area contributed by atoms with Gasteiger partial charge in [-0.1, -0.05) is 0 Å². The molecule has 5 heteroatoms. The maximum Gasteiger partial charge on any atom is 0.251 e. The number of nitrogens with one attached hydrogen (secondary N) is 2. The first-order valence-electron chi connectivity index (χ1n) is 6.48. The highest BCUT2D eigenvalue weighted by atomic mass is 16.2. The number of hydrogen-bond donors (Lipinski definition) is 3. The summed E-state index contributed by atoms with van der Waals surface area (Å²) in [6.45, 7) is 0. The molecule has 0 spiro atoms. The zero-order valence-electron chi connectivity index (χ0n) is 11.0. The second-order valence-corrected chi connectivity index (χ2v) is 4.92. The van der Waals surface area contributed by atoms with Crippen LogP contribution >= 0.6 is 0 Å². The summed E-state index contributed by atoms with van der Waals surface area (Å²) in [4.78, 5) is 23.4. The van der Waals surface area contributed by atoms with E-state index in [4.69, 9.17) is 5.73 Å². The molecule has 0 radical (unpaired) electrons. The first kappa shape index (κ1) is 13.5. The van der Waals surface area contributed by atoms with Crippen molar-refractivity contribution in [3.05, 3.63) is 29.8 Å². The molecule has 0 heterocycles. The minimum absolute atomic E-state index is 0.00798. The van der Waals surface area contributed by atoms with Gasteiger partial charge < -0.3 is 16.4 Å². The fourth-order valence-corrected chi connectivity index (χ4v) is 2.35. The lowest BCUT2D eigenvalue weighted by Gasteiger charge is -2.11. The van der Waals surface area contributed by atoms with Crippen LogP contribution in [0.2, 0.25) is 0 Å². The Morgan fingerprint density at radius 2 is 1.89 bits per heavy atom. The molecular formula is C14H19N3O2. The molecule has 1 aliphatic rings. The quantitative estimate of drug-likeness (QED) is 0.762. The van der Waals surface area contributed by atoms with Crippen molar-refractivity contribution >= 4 is 17.5 Å². The van der Waals surface area contributed by atoms with Crippen molar-refractivity contribution in [3.8, 4) is 0 Å². The third-order valence-electron chi connectivity index (χ3n) is 3.49. The molecule has 1 fully saturated rings. The van der Waals surface area contributed by atoms with E-state index >= 15 is 0 Å². The van der Waals surface area contributed by atoms with E-state index in [0.717, 1.165) is 19.3 Å². The van der Waals surface area contributed by atoms with E-state index < -0.39 is 0 Å². The fourth-order valence-electron chi connectivity index (χ4n) is 2.35. The first-order valence-corrected chi connectivity index (χ1v) is 6.48. The lowest BCUT2D eigenvalue weighted by molar-refractivity contribution is -0.119.